The van der Waals surface area contributed by atoms with Crippen molar-refractivity contribution in [2.75, 3.05) is 6.07 Å². The molecule has 0 N–H and O–H groups in total. The van der Waals surface area contributed by atoms with Gasteiger partial charge in [-0.25, -0.2) is 0 Å². The van der Waals surface area contributed by atoms with E-state index in [0.29, 0.717) is 0 Å². The fraction of sp³-hybridized carbons (Fsp3) is 1.00. The molecule has 0 aromatic heterocycles. The molecule has 10 heavy (non-hydrogen) atoms. The van der Waals surface area contributed by atoms with E-state index in [4.69, 9.17) is 20.8 Å². The second kappa shape index (κ2) is 4.33. The van der Waals surface area contributed by atoms with Gasteiger partial charge in [0, 0.05) is 0 Å². The minimum absolute atomic E-state index is 0.163. The fourth-order valence-electron chi connectivity index (χ4n) is 0.621. The summed E-state index contributed by atoms with van der Waals surface area (Å²) in [7, 11) is -1.44. The Morgan fingerprint density at radius 3 is 2.20 bits per heavy atom. The Hall–Kier alpha value is 0.427. The molecule has 2 nitrogen and oxygen atoms in total. The van der Waals surface area contributed by atoms with Gasteiger partial charge in [-0.15, -0.1) is 0 Å². The van der Waals surface area contributed by atoms with E-state index >= 15 is 0 Å². The van der Waals surface area contributed by atoms with Gasteiger partial charge < -0.3 is 9.16 Å². The van der Waals surface area contributed by atoms with Crippen molar-refractivity contribution in [1.82, 2.24) is 0 Å². The summed E-state index contributed by atoms with van der Waals surface area (Å²) in [5.41, 5.74) is 0. The van der Waals surface area contributed by atoms with E-state index < -0.39 is 8.32 Å². The second-order valence-corrected chi connectivity index (χ2v) is 7.75. The number of rotatable bonds is 4. The van der Waals surface area contributed by atoms with Crippen LogP contribution in [0.4, 0.5) is 0 Å². The first-order valence-electron chi connectivity index (χ1n) is 3.31. The van der Waals surface area contributed by atoms with Crippen molar-refractivity contribution in [3.05, 3.63) is 0 Å². The molecule has 0 aliphatic carbocycles. The van der Waals surface area contributed by atoms with Crippen LogP contribution in [0.2, 0.25) is 19.6 Å². The lowest BCUT2D eigenvalue weighted by Crippen LogP contribution is -2.31. The van der Waals surface area contributed by atoms with Gasteiger partial charge in [0.2, 0.25) is 0 Å². The lowest BCUT2D eigenvalue weighted by Gasteiger charge is -2.22. The third-order valence-corrected chi connectivity index (χ3v) is 1.98. The first-order chi connectivity index (χ1) is 4.45. The smallest absolute Gasteiger partial charge is 0.187 e. The first kappa shape index (κ1) is 10.4. The van der Waals surface area contributed by atoms with Gasteiger partial charge >= 0.3 is 0 Å². The number of ether oxygens (including phenoxy) is 1. The minimum Gasteiger partial charge on any atom is -0.393 e. The van der Waals surface area contributed by atoms with Crippen LogP contribution in [0.3, 0.4) is 0 Å². The summed E-state index contributed by atoms with van der Waals surface area (Å²) < 4.78 is 10.5. The SMILES string of the molecule is CC(OCCl)O[Si](C)(C)C. The molecule has 0 aromatic rings. The van der Waals surface area contributed by atoms with Gasteiger partial charge in [0.05, 0.1) is 0 Å². The Kier molecular flexibility index (Phi) is 4.52. The first-order valence-corrected chi connectivity index (χ1v) is 7.25. The summed E-state index contributed by atoms with van der Waals surface area (Å²) in [5, 5.41) is 0. The predicted octanol–water partition coefficient (Wildman–Crippen LogP) is 2.40. The fourth-order valence-corrected chi connectivity index (χ4v) is 1.86. The molecule has 0 saturated carbocycles. The van der Waals surface area contributed by atoms with Gasteiger partial charge in [-0.2, -0.15) is 0 Å². The van der Waals surface area contributed by atoms with E-state index in [0.717, 1.165) is 0 Å². The van der Waals surface area contributed by atoms with Gasteiger partial charge in [0.15, 0.2) is 8.32 Å². The maximum atomic E-state index is 5.51. The zero-order chi connectivity index (χ0) is 8.20. The van der Waals surface area contributed by atoms with Crippen molar-refractivity contribution in [2.45, 2.75) is 32.9 Å². The molecule has 0 amide bonds. The quantitative estimate of drug-likeness (QED) is 0.378. The molecule has 1 unspecified atom stereocenters. The highest BCUT2D eigenvalue weighted by atomic mass is 35.5. The minimum atomic E-state index is -1.44. The van der Waals surface area contributed by atoms with Crippen LogP contribution in [0.5, 0.6) is 0 Å². The van der Waals surface area contributed by atoms with Gasteiger partial charge in [-0.1, -0.05) is 11.6 Å². The van der Waals surface area contributed by atoms with Crippen LogP contribution in [0, 0.1) is 0 Å². The molecule has 0 aliphatic rings. The Balaban J connectivity index is 3.47. The summed E-state index contributed by atoms with van der Waals surface area (Å²) in [6, 6.07) is 0.200. The Morgan fingerprint density at radius 1 is 1.40 bits per heavy atom. The Morgan fingerprint density at radius 2 is 1.90 bits per heavy atom. The van der Waals surface area contributed by atoms with Gasteiger partial charge in [-0.3, -0.25) is 0 Å². The normalized spacial score (nSPS) is 15.3. The number of hydrogen-bond acceptors (Lipinski definition) is 2. The zero-order valence-electron chi connectivity index (χ0n) is 6.98. The second-order valence-electron chi connectivity index (χ2n) is 3.07. The maximum Gasteiger partial charge on any atom is 0.187 e. The molecule has 0 aliphatic heterocycles. The molecule has 4 heteroatoms. The largest absolute Gasteiger partial charge is 0.393 e. The Labute approximate surface area is 68.6 Å². The van der Waals surface area contributed by atoms with Crippen LogP contribution in [-0.2, 0) is 9.16 Å². The average molecular weight is 183 g/mol. The molecule has 1 atom stereocenters. The predicted molar refractivity (Wildman–Crippen MR) is 45.7 cm³/mol. The van der Waals surface area contributed by atoms with Gasteiger partial charge in [0.25, 0.3) is 0 Å². The van der Waals surface area contributed by atoms with E-state index in [9.17, 15) is 0 Å². The summed E-state index contributed by atoms with van der Waals surface area (Å²) in [6.07, 6.45) is -0.163. The molecule has 0 heterocycles. The molecular formula is C6H15ClO2Si. The van der Waals surface area contributed by atoms with Gasteiger partial charge in [-0.05, 0) is 26.6 Å². The Bertz CT molecular complexity index is 92.2. The number of hydrogen-bond donors (Lipinski definition) is 0. The van der Waals surface area contributed by atoms with E-state index in [2.05, 4.69) is 19.6 Å². The van der Waals surface area contributed by atoms with Crippen molar-refractivity contribution in [3.63, 3.8) is 0 Å². The molecular weight excluding hydrogens is 168 g/mol. The topological polar surface area (TPSA) is 18.5 Å². The lowest BCUT2D eigenvalue weighted by molar-refractivity contribution is -0.0530. The summed E-state index contributed by atoms with van der Waals surface area (Å²) in [6.45, 7) is 8.20. The molecule has 62 valence electrons. The third-order valence-electron chi connectivity index (χ3n) is 0.817. The third kappa shape index (κ3) is 6.55. The lowest BCUT2D eigenvalue weighted by atomic mass is 10.8. The van der Waals surface area contributed by atoms with Crippen molar-refractivity contribution in [1.29, 1.82) is 0 Å². The monoisotopic (exact) mass is 182 g/mol. The zero-order valence-corrected chi connectivity index (χ0v) is 8.73. The molecule has 0 fully saturated rings. The highest BCUT2D eigenvalue weighted by Gasteiger charge is 2.17. The molecule has 0 rings (SSSR count). The standard InChI is InChI=1S/C6H15ClO2Si/c1-6(8-5-7)9-10(2,3)4/h6H,5H2,1-4H3. The van der Waals surface area contributed by atoms with Crippen LogP contribution in [0.1, 0.15) is 6.92 Å². The maximum absolute atomic E-state index is 5.51. The molecule has 0 saturated heterocycles. The van der Waals surface area contributed by atoms with Crippen molar-refractivity contribution < 1.29 is 9.16 Å². The summed E-state index contributed by atoms with van der Waals surface area (Å²) >= 11 is 5.34. The molecule has 0 spiro atoms. The van der Waals surface area contributed by atoms with Crippen molar-refractivity contribution in [2.24, 2.45) is 0 Å². The van der Waals surface area contributed by atoms with E-state index in [1.54, 1.807) is 0 Å². The van der Waals surface area contributed by atoms with E-state index in [1.165, 1.54) is 0 Å². The van der Waals surface area contributed by atoms with E-state index in [1.807, 2.05) is 6.92 Å². The highest BCUT2D eigenvalue weighted by Crippen LogP contribution is 2.07. The molecule has 0 bridgehead atoms. The number of alkyl halides is 1. The van der Waals surface area contributed by atoms with Crippen LogP contribution < -0.4 is 0 Å². The van der Waals surface area contributed by atoms with E-state index in [-0.39, 0.29) is 12.4 Å². The highest BCUT2D eigenvalue weighted by molar-refractivity contribution is 6.69. The molecule has 0 aromatic carbocycles. The van der Waals surface area contributed by atoms with Crippen LogP contribution in [0.25, 0.3) is 0 Å². The summed E-state index contributed by atoms with van der Waals surface area (Å²) in [4.78, 5) is 0. The van der Waals surface area contributed by atoms with Crippen LogP contribution >= 0.6 is 11.6 Å². The average Bonchev–Trinajstić information content (AvgIpc) is 1.59. The number of halogens is 1. The van der Waals surface area contributed by atoms with Crippen molar-refractivity contribution >= 4 is 19.9 Å². The van der Waals surface area contributed by atoms with Gasteiger partial charge in [0.1, 0.15) is 12.4 Å². The van der Waals surface area contributed by atoms with Crippen LogP contribution in [0.15, 0.2) is 0 Å². The molecule has 0 radical (unpaired) electrons. The summed E-state index contributed by atoms with van der Waals surface area (Å²) in [5.74, 6) is 0. The van der Waals surface area contributed by atoms with Crippen molar-refractivity contribution in [3.8, 4) is 0 Å². The van der Waals surface area contributed by atoms with Crippen LogP contribution in [-0.4, -0.2) is 20.7 Å².